The number of hydrogen-bond donors (Lipinski definition) is 1. The Balaban J connectivity index is 2.05. The highest BCUT2D eigenvalue weighted by atomic mass is 16.1. The van der Waals surface area contributed by atoms with E-state index in [1.165, 1.54) is 18.6 Å². The second kappa shape index (κ2) is 5.16. The molecule has 0 saturated heterocycles. The molecule has 0 aliphatic heterocycles. The highest BCUT2D eigenvalue weighted by Crippen LogP contribution is 2.08. The zero-order valence-electron chi connectivity index (χ0n) is 9.37. The SMILES string of the molecule is CC(NC(=O)c1cnccn1)c1ccccn1. The van der Waals surface area contributed by atoms with Gasteiger partial charge in [0.2, 0.25) is 0 Å². The summed E-state index contributed by atoms with van der Waals surface area (Å²) < 4.78 is 0. The Morgan fingerprint density at radius 1 is 1.24 bits per heavy atom. The van der Waals surface area contributed by atoms with Crippen LogP contribution in [0.3, 0.4) is 0 Å². The zero-order valence-corrected chi connectivity index (χ0v) is 9.37. The van der Waals surface area contributed by atoms with Crippen molar-refractivity contribution >= 4 is 5.91 Å². The minimum atomic E-state index is -0.253. The first-order chi connectivity index (χ1) is 8.27. The lowest BCUT2D eigenvalue weighted by molar-refractivity contribution is 0.0933. The van der Waals surface area contributed by atoms with E-state index in [1.54, 1.807) is 6.20 Å². The summed E-state index contributed by atoms with van der Waals surface area (Å²) in [5, 5.41) is 2.81. The second-order valence-corrected chi connectivity index (χ2v) is 3.54. The van der Waals surface area contributed by atoms with E-state index in [-0.39, 0.29) is 11.9 Å². The number of nitrogens with one attached hydrogen (secondary N) is 1. The van der Waals surface area contributed by atoms with Crippen LogP contribution in [0.2, 0.25) is 0 Å². The third-order valence-corrected chi connectivity index (χ3v) is 2.27. The molecule has 5 heteroatoms. The van der Waals surface area contributed by atoms with Gasteiger partial charge in [0.15, 0.2) is 0 Å². The van der Waals surface area contributed by atoms with Gasteiger partial charge in [-0.25, -0.2) is 4.98 Å². The van der Waals surface area contributed by atoms with Gasteiger partial charge in [0.1, 0.15) is 5.69 Å². The van der Waals surface area contributed by atoms with Crippen molar-refractivity contribution in [3.63, 3.8) is 0 Å². The average Bonchev–Trinajstić information content (AvgIpc) is 2.40. The molecule has 1 N–H and O–H groups in total. The van der Waals surface area contributed by atoms with Gasteiger partial charge in [0, 0.05) is 18.6 Å². The van der Waals surface area contributed by atoms with Crippen LogP contribution in [0.1, 0.15) is 29.1 Å². The van der Waals surface area contributed by atoms with Crippen molar-refractivity contribution in [1.29, 1.82) is 0 Å². The number of carbonyl (C=O) groups is 1. The number of rotatable bonds is 3. The summed E-state index contributed by atoms with van der Waals surface area (Å²) in [6.07, 6.45) is 6.14. The molecule has 1 atom stereocenters. The van der Waals surface area contributed by atoms with Crippen LogP contribution in [0.5, 0.6) is 0 Å². The molecule has 1 amide bonds. The first-order valence-electron chi connectivity index (χ1n) is 5.25. The fraction of sp³-hybridized carbons (Fsp3) is 0.167. The first kappa shape index (κ1) is 11.2. The number of aromatic nitrogens is 3. The monoisotopic (exact) mass is 228 g/mol. The maximum absolute atomic E-state index is 11.8. The maximum atomic E-state index is 11.8. The zero-order chi connectivity index (χ0) is 12.1. The lowest BCUT2D eigenvalue weighted by Crippen LogP contribution is -2.27. The van der Waals surface area contributed by atoms with Crippen LogP contribution in [0, 0.1) is 0 Å². The molecule has 0 aromatic carbocycles. The van der Waals surface area contributed by atoms with E-state index in [2.05, 4.69) is 20.3 Å². The molecular weight excluding hydrogens is 216 g/mol. The Morgan fingerprint density at radius 3 is 2.76 bits per heavy atom. The topological polar surface area (TPSA) is 67.8 Å². The Bertz CT molecular complexity index is 486. The predicted octanol–water partition coefficient (Wildman–Crippen LogP) is 1.36. The van der Waals surface area contributed by atoms with Gasteiger partial charge in [-0.05, 0) is 19.1 Å². The van der Waals surface area contributed by atoms with Gasteiger partial charge >= 0.3 is 0 Å². The van der Waals surface area contributed by atoms with Crippen molar-refractivity contribution in [3.05, 3.63) is 54.4 Å². The van der Waals surface area contributed by atoms with Gasteiger partial charge < -0.3 is 5.32 Å². The van der Waals surface area contributed by atoms with Crippen LogP contribution in [-0.2, 0) is 0 Å². The molecule has 0 radical (unpaired) electrons. The lowest BCUT2D eigenvalue weighted by atomic mass is 10.2. The van der Waals surface area contributed by atoms with Crippen molar-refractivity contribution in [3.8, 4) is 0 Å². The first-order valence-corrected chi connectivity index (χ1v) is 5.25. The summed E-state index contributed by atoms with van der Waals surface area (Å²) in [5.41, 5.74) is 1.11. The van der Waals surface area contributed by atoms with Crippen molar-refractivity contribution in [2.75, 3.05) is 0 Å². The number of nitrogens with zero attached hydrogens (tertiary/aromatic N) is 3. The van der Waals surface area contributed by atoms with E-state index in [0.29, 0.717) is 5.69 Å². The quantitative estimate of drug-likeness (QED) is 0.861. The Kier molecular flexibility index (Phi) is 3.40. The second-order valence-electron chi connectivity index (χ2n) is 3.54. The molecule has 17 heavy (non-hydrogen) atoms. The summed E-state index contributed by atoms with van der Waals surface area (Å²) in [6, 6.07) is 5.42. The highest BCUT2D eigenvalue weighted by molar-refractivity contribution is 5.92. The number of hydrogen-bond acceptors (Lipinski definition) is 4. The summed E-state index contributed by atoms with van der Waals surface area (Å²) in [6.45, 7) is 1.87. The van der Waals surface area contributed by atoms with Crippen molar-refractivity contribution in [1.82, 2.24) is 20.3 Å². The van der Waals surface area contributed by atoms with Crippen LogP contribution in [0.15, 0.2) is 43.0 Å². The van der Waals surface area contributed by atoms with E-state index in [1.807, 2.05) is 25.1 Å². The van der Waals surface area contributed by atoms with Gasteiger partial charge in [-0.2, -0.15) is 0 Å². The van der Waals surface area contributed by atoms with Crippen molar-refractivity contribution in [2.24, 2.45) is 0 Å². The minimum Gasteiger partial charge on any atom is -0.343 e. The smallest absolute Gasteiger partial charge is 0.272 e. The van der Waals surface area contributed by atoms with Gasteiger partial charge in [0.05, 0.1) is 17.9 Å². The number of carbonyl (C=O) groups excluding carboxylic acids is 1. The third kappa shape index (κ3) is 2.84. The molecule has 5 nitrogen and oxygen atoms in total. The van der Waals surface area contributed by atoms with Crippen LogP contribution in [0.25, 0.3) is 0 Å². The molecule has 86 valence electrons. The molecule has 0 bridgehead atoms. The van der Waals surface area contributed by atoms with Gasteiger partial charge in [0.25, 0.3) is 5.91 Å². The van der Waals surface area contributed by atoms with Crippen molar-refractivity contribution < 1.29 is 4.79 Å². The molecule has 2 aromatic rings. The molecule has 0 aliphatic rings. The maximum Gasteiger partial charge on any atom is 0.272 e. The van der Waals surface area contributed by atoms with Crippen LogP contribution >= 0.6 is 0 Å². The van der Waals surface area contributed by atoms with E-state index in [9.17, 15) is 4.79 Å². The largest absolute Gasteiger partial charge is 0.343 e. The Labute approximate surface area is 99.0 Å². The average molecular weight is 228 g/mol. The normalized spacial score (nSPS) is 11.8. The highest BCUT2D eigenvalue weighted by Gasteiger charge is 2.12. The van der Waals surface area contributed by atoms with Crippen LogP contribution in [0.4, 0.5) is 0 Å². The lowest BCUT2D eigenvalue weighted by Gasteiger charge is -2.12. The van der Waals surface area contributed by atoms with Crippen LogP contribution < -0.4 is 5.32 Å². The molecule has 0 aliphatic carbocycles. The molecule has 0 saturated carbocycles. The van der Waals surface area contributed by atoms with Gasteiger partial charge in [-0.3, -0.25) is 14.8 Å². The van der Waals surface area contributed by atoms with E-state index < -0.39 is 0 Å². The van der Waals surface area contributed by atoms with Crippen molar-refractivity contribution in [2.45, 2.75) is 13.0 Å². The van der Waals surface area contributed by atoms with E-state index in [4.69, 9.17) is 0 Å². The summed E-state index contributed by atoms with van der Waals surface area (Å²) in [4.78, 5) is 23.7. The summed E-state index contributed by atoms with van der Waals surface area (Å²) >= 11 is 0. The van der Waals surface area contributed by atoms with E-state index in [0.717, 1.165) is 5.69 Å². The number of amides is 1. The van der Waals surface area contributed by atoms with Crippen LogP contribution in [-0.4, -0.2) is 20.9 Å². The summed E-state index contributed by atoms with van der Waals surface area (Å²) in [7, 11) is 0. The predicted molar refractivity (Wildman–Crippen MR) is 62.2 cm³/mol. The van der Waals surface area contributed by atoms with Gasteiger partial charge in [-0.1, -0.05) is 6.07 Å². The minimum absolute atomic E-state index is 0.161. The standard InChI is InChI=1S/C12H12N4O/c1-9(10-4-2-3-5-14-10)16-12(17)11-8-13-6-7-15-11/h2-9H,1H3,(H,16,17). The van der Waals surface area contributed by atoms with Gasteiger partial charge in [-0.15, -0.1) is 0 Å². The fourth-order valence-corrected chi connectivity index (χ4v) is 1.39. The third-order valence-electron chi connectivity index (χ3n) is 2.27. The molecule has 2 aromatic heterocycles. The fourth-order valence-electron chi connectivity index (χ4n) is 1.39. The molecule has 0 fully saturated rings. The molecule has 2 heterocycles. The molecule has 0 spiro atoms. The molecule has 2 rings (SSSR count). The number of pyridine rings is 1. The van der Waals surface area contributed by atoms with E-state index >= 15 is 0 Å². The Morgan fingerprint density at radius 2 is 2.12 bits per heavy atom. The summed E-state index contributed by atoms with van der Waals surface area (Å²) in [5.74, 6) is -0.253. The Hall–Kier alpha value is -2.30. The molecule has 1 unspecified atom stereocenters. The molecular formula is C12H12N4O.